The second-order valence-corrected chi connectivity index (χ2v) is 9.32. The highest BCUT2D eigenvalue weighted by Crippen LogP contribution is 2.36. The van der Waals surface area contributed by atoms with E-state index in [0.717, 1.165) is 29.2 Å². The number of ether oxygens (including phenoxy) is 1. The van der Waals surface area contributed by atoms with Gasteiger partial charge in [0.25, 0.3) is 3.91 Å². The summed E-state index contributed by atoms with van der Waals surface area (Å²) in [6.07, 6.45) is 3.10. The van der Waals surface area contributed by atoms with E-state index in [0.29, 0.717) is 23.9 Å². The minimum absolute atomic E-state index is 0.187. The van der Waals surface area contributed by atoms with Crippen molar-refractivity contribution in [3.63, 3.8) is 0 Å². The molecule has 6 nitrogen and oxygen atoms in total. The van der Waals surface area contributed by atoms with Crippen molar-refractivity contribution in [1.82, 2.24) is 9.88 Å². The number of piperidine rings is 1. The van der Waals surface area contributed by atoms with Crippen molar-refractivity contribution in [2.75, 3.05) is 18.4 Å². The molecule has 1 N–H and O–H groups in total. The number of likely N-dealkylation sites (tertiary alicyclic amines) is 1. The number of hydrogen-bond acceptors (Lipinski definition) is 4. The van der Waals surface area contributed by atoms with Crippen molar-refractivity contribution < 1.29 is 14.3 Å². The molecule has 1 saturated heterocycles. The number of nitrogens with zero attached hydrogens (tertiary/aromatic N) is 2. The van der Waals surface area contributed by atoms with Crippen molar-refractivity contribution in [3.8, 4) is 0 Å². The van der Waals surface area contributed by atoms with Gasteiger partial charge in [0.1, 0.15) is 11.4 Å². The number of nitrogens with one attached hydrogen (secondary N) is 1. The number of anilines is 1. The molecule has 2 aromatic rings. The van der Waals surface area contributed by atoms with Crippen LogP contribution in [0.1, 0.15) is 45.1 Å². The fraction of sp³-hybridized carbons (Fsp3) is 0.450. The normalized spacial score (nSPS) is 15.5. The first kappa shape index (κ1) is 21.1. The number of carbonyl (C=O) groups excluding carboxylic acids is 2. The molecule has 2 heterocycles. The summed E-state index contributed by atoms with van der Waals surface area (Å²) in [4.78, 5) is 29.5. The molecule has 0 aliphatic carbocycles. The van der Waals surface area contributed by atoms with Crippen LogP contribution in [-0.4, -0.2) is 38.6 Å². The third kappa shape index (κ3) is 5.26. The number of fused-ring (bicyclic) bond motifs is 1. The molecule has 150 valence electrons. The Morgan fingerprint density at radius 2 is 1.89 bits per heavy atom. The predicted octanol–water partition coefficient (Wildman–Crippen LogP) is 5.97. The predicted molar refractivity (Wildman–Crippen MR) is 120 cm³/mol. The Bertz CT molecular complexity index is 905. The zero-order valence-corrected chi connectivity index (χ0v) is 19.0. The van der Waals surface area contributed by atoms with Gasteiger partial charge in [-0.2, -0.15) is 0 Å². The van der Waals surface area contributed by atoms with E-state index >= 15 is 0 Å². The summed E-state index contributed by atoms with van der Waals surface area (Å²) in [5.41, 5.74) is 0.574. The highest BCUT2D eigenvalue weighted by Gasteiger charge is 2.28. The smallest absolute Gasteiger partial charge is 0.410 e. The zero-order valence-electron chi connectivity index (χ0n) is 16.1. The second-order valence-electron chi connectivity index (χ2n) is 7.93. The van der Waals surface area contributed by atoms with E-state index in [2.05, 4.69) is 16.4 Å². The Labute approximate surface area is 183 Å². The standard InChI is InChI=1S/C20H23ClIN3O3/c1-20(2,3)28-19(27)25-6-4-12(5-7-25)15-8-13-10-17(24-18(22)26)23-11-14(13)9-16(15)21/h8-12H,4-7H2,1-3H3,(H,23,24,26). The number of amides is 2. The first-order valence-electron chi connectivity index (χ1n) is 9.16. The number of carbonyl (C=O) groups is 2. The van der Waals surface area contributed by atoms with Gasteiger partial charge >= 0.3 is 6.09 Å². The summed E-state index contributed by atoms with van der Waals surface area (Å²) < 4.78 is 5.28. The van der Waals surface area contributed by atoms with Crippen LogP contribution < -0.4 is 5.32 Å². The first-order chi connectivity index (χ1) is 13.1. The molecule has 3 rings (SSSR count). The monoisotopic (exact) mass is 515 g/mol. The van der Waals surface area contributed by atoms with Gasteiger partial charge in [-0.1, -0.05) is 11.6 Å². The number of halogens is 2. The van der Waals surface area contributed by atoms with Gasteiger partial charge in [0.2, 0.25) is 0 Å². The minimum Gasteiger partial charge on any atom is -0.444 e. The zero-order chi connectivity index (χ0) is 20.5. The molecule has 1 aliphatic rings. The van der Waals surface area contributed by atoms with Gasteiger partial charge in [0, 0.05) is 52.3 Å². The van der Waals surface area contributed by atoms with Gasteiger partial charge in [0.15, 0.2) is 0 Å². The maximum Gasteiger partial charge on any atom is 0.410 e. The molecule has 1 fully saturated rings. The summed E-state index contributed by atoms with van der Waals surface area (Å²) in [5, 5.41) is 5.30. The van der Waals surface area contributed by atoms with Crippen molar-refractivity contribution in [2.45, 2.75) is 45.1 Å². The van der Waals surface area contributed by atoms with Crippen molar-refractivity contribution in [1.29, 1.82) is 0 Å². The third-order valence-electron chi connectivity index (χ3n) is 4.65. The third-order valence-corrected chi connectivity index (χ3v) is 5.25. The average molecular weight is 516 g/mol. The number of pyridine rings is 1. The van der Waals surface area contributed by atoms with Crippen LogP contribution in [0, 0.1) is 0 Å². The highest BCUT2D eigenvalue weighted by atomic mass is 127. The van der Waals surface area contributed by atoms with Gasteiger partial charge < -0.3 is 15.0 Å². The van der Waals surface area contributed by atoms with E-state index in [1.165, 1.54) is 0 Å². The Hall–Kier alpha value is -1.61. The summed E-state index contributed by atoms with van der Waals surface area (Å²) in [6.45, 7) is 6.89. The van der Waals surface area contributed by atoms with Crippen LogP contribution in [-0.2, 0) is 4.74 Å². The molecule has 0 spiro atoms. The number of aromatic nitrogens is 1. The molecule has 0 atom stereocenters. The molecule has 1 aromatic heterocycles. The van der Waals surface area contributed by atoms with Crippen LogP contribution in [0.3, 0.4) is 0 Å². The van der Waals surface area contributed by atoms with Crippen molar-refractivity contribution in [3.05, 3.63) is 35.0 Å². The van der Waals surface area contributed by atoms with Crippen LogP contribution in [0.15, 0.2) is 24.4 Å². The molecule has 0 radical (unpaired) electrons. The Balaban J connectivity index is 1.75. The summed E-state index contributed by atoms with van der Waals surface area (Å²) in [7, 11) is 0. The molecule has 0 unspecified atom stereocenters. The Kier molecular flexibility index (Phi) is 6.34. The van der Waals surface area contributed by atoms with E-state index in [-0.39, 0.29) is 15.9 Å². The van der Waals surface area contributed by atoms with Gasteiger partial charge in [-0.3, -0.25) is 4.79 Å². The first-order valence-corrected chi connectivity index (χ1v) is 10.6. The van der Waals surface area contributed by atoms with E-state index < -0.39 is 5.60 Å². The molecule has 1 aromatic carbocycles. The lowest BCUT2D eigenvalue weighted by Crippen LogP contribution is -2.41. The maximum atomic E-state index is 12.3. The summed E-state index contributed by atoms with van der Waals surface area (Å²) in [5.74, 6) is 0.784. The fourth-order valence-electron chi connectivity index (χ4n) is 3.36. The summed E-state index contributed by atoms with van der Waals surface area (Å²) >= 11 is 8.22. The van der Waals surface area contributed by atoms with E-state index in [9.17, 15) is 9.59 Å². The molecular weight excluding hydrogens is 493 g/mol. The van der Waals surface area contributed by atoms with Crippen LogP contribution in [0.5, 0.6) is 0 Å². The number of benzene rings is 1. The lowest BCUT2D eigenvalue weighted by atomic mass is 9.88. The largest absolute Gasteiger partial charge is 0.444 e. The maximum absolute atomic E-state index is 12.3. The van der Waals surface area contributed by atoms with Gasteiger partial charge in [0.05, 0.1) is 0 Å². The van der Waals surface area contributed by atoms with E-state index in [1.807, 2.05) is 32.9 Å². The van der Waals surface area contributed by atoms with E-state index in [4.69, 9.17) is 16.3 Å². The molecule has 8 heteroatoms. The van der Waals surface area contributed by atoms with Gasteiger partial charge in [-0.25, -0.2) is 9.78 Å². The van der Waals surface area contributed by atoms with Crippen LogP contribution in [0.4, 0.5) is 15.4 Å². The molecule has 1 aliphatic heterocycles. The van der Waals surface area contributed by atoms with Crippen LogP contribution in [0.2, 0.25) is 5.02 Å². The van der Waals surface area contributed by atoms with E-state index in [1.54, 1.807) is 33.7 Å². The number of rotatable bonds is 2. The van der Waals surface area contributed by atoms with Crippen molar-refractivity contribution in [2.24, 2.45) is 0 Å². The molecule has 2 amide bonds. The second kappa shape index (κ2) is 8.41. The van der Waals surface area contributed by atoms with Gasteiger partial charge in [-0.05, 0) is 68.7 Å². The lowest BCUT2D eigenvalue weighted by Gasteiger charge is -2.34. The Morgan fingerprint density at radius 1 is 1.21 bits per heavy atom. The number of hydrogen-bond donors (Lipinski definition) is 1. The topological polar surface area (TPSA) is 71.5 Å². The molecule has 0 bridgehead atoms. The Morgan fingerprint density at radius 3 is 2.50 bits per heavy atom. The SMILES string of the molecule is CC(C)(C)OC(=O)N1CCC(c2cc3cc(NC(=O)I)ncc3cc2Cl)CC1. The average Bonchev–Trinajstić information content (AvgIpc) is 2.59. The van der Waals surface area contributed by atoms with Crippen LogP contribution >= 0.6 is 34.2 Å². The van der Waals surface area contributed by atoms with Crippen LogP contribution in [0.25, 0.3) is 10.8 Å². The fourth-order valence-corrected chi connectivity index (χ4v) is 3.97. The quantitative estimate of drug-likeness (QED) is 0.304. The summed E-state index contributed by atoms with van der Waals surface area (Å²) in [6, 6.07) is 5.83. The van der Waals surface area contributed by atoms with Gasteiger partial charge in [-0.15, -0.1) is 0 Å². The molecule has 28 heavy (non-hydrogen) atoms. The lowest BCUT2D eigenvalue weighted by molar-refractivity contribution is 0.0205. The highest BCUT2D eigenvalue weighted by molar-refractivity contribution is 14.1. The molecular formula is C20H23ClIN3O3. The van der Waals surface area contributed by atoms with Crippen molar-refractivity contribution >= 4 is 60.8 Å². The minimum atomic E-state index is -0.491. The molecule has 0 saturated carbocycles.